The minimum atomic E-state index is -0.877. The summed E-state index contributed by atoms with van der Waals surface area (Å²) in [4.78, 5) is 27.5. The van der Waals surface area contributed by atoms with Crippen molar-refractivity contribution in [3.63, 3.8) is 0 Å². The van der Waals surface area contributed by atoms with Crippen LogP contribution in [0.2, 0.25) is 0 Å². The molecule has 36 heavy (non-hydrogen) atoms. The molecule has 192 valence electrons. The first-order valence-electron chi connectivity index (χ1n) is 13.9. The molecule has 1 N–H and O–H groups in total. The van der Waals surface area contributed by atoms with E-state index in [2.05, 4.69) is 49.9 Å². The molecule has 4 aliphatic carbocycles. The second kappa shape index (κ2) is 10.0. The maximum Gasteiger partial charge on any atom is 0.335 e. The molecule has 0 heterocycles. The summed E-state index contributed by atoms with van der Waals surface area (Å²) < 4.78 is 0. The van der Waals surface area contributed by atoms with E-state index in [-0.39, 0.29) is 0 Å². The number of rotatable bonds is 7. The number of carbonyl (C=O) groups excluding carboxylic acids is 1. The van der Waals surface area contributed by atoms with Crippen molar-refractivity contribution in [2.45, 2.75) is 90.1 Å². The Morgan fingerprint density at radius 1 is 0.944 bits per heavy atom. The molecule has 0 radical (unpaired) electrons. The van der Waals surface area contributed by atoms with Crippen molar-refractivity contribution in [1.29, 1.82) is 0 Å². The van der Waals surface area contributed by atoms with Gasteiger partial charge in [0.2, 0.25) is 5.91 Å². The van der Waals surface area contributed by atoms with Crippen LogP contribution in [0, 0.1) is 23.2 Å². The number of nitrogens with zero attached hydrogens (tertiary/aromatic N) is 1. The highest BCUT2D eigenvalue weighted by Crippen LogP contribution is 2.62. The number of aromatic carboxylic acids is 1. The number of fused-ring (bicyclic) bond motifs is 2. The molecule has 0 saturated heterocycles. The Kier molecular flexibility index (Phi) is 6.98. The molecule has 4 nitrogen and oxygen atoms in total. The number of benzene rings is 2. The third kappa shape index (κ3) is 4.71. The normalized spacial score (nSPS) is 30.8. The summed E-state index contributed by atoms with van der Waals surface area (Å²) in [5, 5.41) is 9.21. The van der Waals surface area contributed by atoms with Crippen LogP contribution in [0.25, 0.3) is 0 Å². The summed E-state index contributed by atoms with van der Waals surface area (Å²) in [5.41, 5.74) is 3.22. The van der Waals surface area contributed by atoms with Crippen molar-refractivity contribution < 1.29 is 14.7 Å². The number of carboxylic acids is 1. The topological polar surface area (TPSA) is 57.6 Å². The molecule has 0 aliphatic heterocycles. The van der Waals surface area contributed by atoms with Crippen molar-refractivity contribution in [3.8, 4) is 0 Å². The third-order valence-electron chi connectivity index (χ3n) is 10.1. The molecule has 1 amide bonds. The van der Waals surface area contributed by atoms with Gasteiger partial charge in [0.05, 0.1) is 5.56 Å². The molecule has 4 aliphatic rings. The molecule has 0 spiro atoms. The van der Waals surface area contributed by atoms with Gasteiger partial charge in [-0.3, -0.25) is 4.79 Å². The largest absolute Gasteiger partial charge is 0.478 e. The van der Waals surface area contributed by atoms with Crippen LogP contribution < -0.4 is 0 Å². The van der Waals surface area contributed by atoms with Crippen molar-refractivity contribution in [2.75, 3.05) is 0 Å². The van der Waals surface area contributed by atoms with Crippen LogP contribution in [0.4, 0.5) is 0 Å². The van der Waals surface area contributed by atoms with E-state index >= 15 is 0 Å². The van der Waals surface area contributed by atoms with E-state index in [1.807, 2.05) is 18.2 Å². The van der Waals surface area contributed by atoms with Gasteiger partial charge in [-0.2, -0.15) is 0 Å². The Morgan fingerprint density at radius 3 is 2.19 bits per heavy atom. The van der Waals surface area contributed by atoms with Crippen LogP contribution in [0.15, 0.2) is 54.6 Å². The zero-order chi connectivity index (χ0) is 25.4. The fourth-order valence-electron chi connectivity index (χ4n) is 7.76. The van der Waals surface area contributed by atoms with Gasteiger partial charge in [-0.1, -0.05) is 63.2 Å². The van der Waals surface area contributed by atoms with E-state index in [9.17, 15) is 14.7 Å². The summed E-state index contributed by atoms with van der Waals surface area (Å²) in [5.74, 6) is 1.90. The average Bonchev–Trinajstić information content (AvgIpc) is 2.89. The first-order chi connectivity index (χ1) is 17.3. The summed E-state index contributed by atoms with van der Waals surface area (Å²) in [6.45, 7) is 7.27. The Bertz CT molecular complexity index is 1070. The second-order valence-corrected chi connectivity index (χ2v) is 12.2. The van der Waals surface area contributed by atoms with E-state index in [0.717, 1.165) is 50.4 Å². The Balaban J connectivity index is 1.30. The minimum absolute atomic E-state index is 0.316. The molecule has 4 saturated carbocycles. The minimum Gasteiger partial charge on any atom is -0.478 e. The molecule has 4 fully saturated rings. The molecule has 2 bridgehead atoms. The summed E-state index contributed by atoms with van der Waals surface area (Å²) in [6, 6.07) is 18.5. The van der Waals surface area contributed by atoms with E-state index < -0.39 is 5.97 Å². The third-order valence-corrected chi connectivity index (χ3v) is 10.1. The molecule has 6 rings (SSSR count). The summed E-state index contributed by atoms with van der Waals surface area (Å²) in [6.07, 6.45) is 8.05. The predicted molar refractivity (Wildman–Crippen MR) is 143 cm³/mol. The van der Waals surface area contributed by atoms with Gasteiger partial charge in [-0.15, -0.1) is 0 Å². The molecule has 2 aromatic carbocycles. The van der Waals surface area contributed by atoms with Gasteiger partial charge in [-0.25, -0.2) is 4.79 Å². The van der Waals surface area contributed by atoms with Crippen LogP contribution in [0.3, 0.4) is 0 Å². The van der Waals surface area contributed by atoms with Crippen LogP contribution in [0.1, 0.15) is 93.1 Å². The van der Waals surface area contributed by atoms with Gasteiger partial charge in [-0.05, 0) is 97.3 Å². The van der Waals surface area contributed by atoms with Gasteiger partial charge in [0.25, 0.3) is 0 Å². The van der Waals surface area contributed by atoms with Crippen molar-refractivity contribution in [3.05, 3.63) is 71.3 Å². The van der Waals surface area contributed by atoms with Gasteiger partial charge >= 0.3 is 5.97 Å². The lowest BCUT2D eigenvalue weighted by molar-refractivity contribution is -0.164. The molecular formula is C32H41NO3. The fourth-order valence-corrected chi connectivity index (χ4v) is 7.76. The van der Waals surface area contributed by atoms with Gasteiger partial charge < -0.3 is 10.0 Å². The van der Waals surface area contributed by atoms with E-state index in [4.69, 9.17) is 0 Å². The number of carboxylic acid groups (broad SMARTS) is 1. The van der Waals surface area contributed by atoms with Crippen molar-refractivity contribution in [1.82, 2.24) is 4.90 Å². The fraction of sp³-hybridized carbons (Fsp3) is 0.562. The van der Waals surface area contributed by atoms with Crippen molar-refractivity contribution >= 4 is 11.9 Å². The van der Waals surface area contributed by atoms with E-state index in [1.165, 1.54) is 17.5 Å². The Morgan fingerprint density at radius 2 is 1.61 bits per heavy atom. The second-order valence-electron chi connectivity index (χ2n) is 12.2. The average molecular weight is 488 g/mol. The predicted octanol–water partition coefficient (Wildman–Crippen LogP) is 6.94. The quantitative estimate of drug-likeness (QED) is 0.460. The van der Waals surface area contributed by atoms with Gasteiger partial charge in [0.1, 0.15) is 0 Å². The first-order valence-corrected chi connectivity index (χ1v) is 13.9. The molecule has 0 unspecified atom stereocenters. The zero-order valence-corrected chi connectivity index (χ0v) is 22.0. The lowest BCUT2D eigenvalue weighted by Gasteiger charge is -2.64. The molecule has 0 aromatic heterocycles. The summed E-state index contributed by atoms with van der Waals surface area (Å²) >= 11 is 0. The monoisotopic (exact) mass is 487 g/mol. The smallest absolute Gasteiger partial charge is 0.335 e. The number of hydrogen-bond donors (Lipinski definition) is 1. The lowest BCUT2D eigenvalue weighted by Crippen LogP contribution is -2.63. The van der Waals surface area contributed by atoms with Crippen LogP contribution in [0.5, 0.6) is 0 Å². The highest BCUT2D eigenvalue weighted by Gasteiger charge is 2.58. The maximum absolute atomic E-state index is 13.9. The number of carbonyl (C=O) groups is 2. The van der Waals surface area contributed by atoms with Crippen molar-refractivity contribution in [2.24, 2.45) is 23.2 Å². The number of hydrogen-bond acceptors (Lipinski definition) is 2. The summed E-state index contributed by atoms with van der Waals surface area (Å²) in [7, 11) is 0. The first kappa shape index (κ1) is 25.0. The highest BCUT2D eigenvalue weighted by molar-refractivity contribution is 5.87. The molecular weight excluding hydrogens is 446 g/mol. The maximum atomic E-state index is 13.9. The van der Waals surface area contributed by atoms with Gasteiger partial charge in [0.15, 0.2) is 0 Å². The van der Waals surface area contributed by atoms with Gasteiger partial charge in [0, 0.05) is 18.5 Å². The number of amides is 1. The van der Waals surface area contributed by atoms with Crippen LogP contribution in [-0.4, -0.2) is 34.0 Å². The van der Waals surface area contributed by atoms with Crippen LogP contribution >= 0.6 is 0 Å². The SMILES string of the molecule is C[C@@H]1[C@@H](N(C(=O)CCc2ccccc2)C2CCC(c3ccc(C(=O)O)cc3)CC2)C[C@H]2C[C@@H]1C2(C)C. The lowest BCUT2D eigenvalue weighted by atomic mass is 9.44. The standard InChI is InChI=1S/C32H41NO3/c1-21-28-19-26(32(28,2)3)20-29(21)33(30(34)18-9-22-7-5-4-6-8-22)27-16-14-24(15-17-27)23-10-12-25(13-11-23)31(35)36/h4-8,10-13,21,24,26-29H,9,14-20H2,1-3H3,(H,35,36)/t21-,24?,26+,27?,28-,29-/m0/s1. The Hall–Kier alpha value is -2.62. The highest BCUT2D eigenvalue weighted by atomic mass is 16.4. The van der Waals surface area contributed by atoms with Crippen LogP contribution in [-0.2, 0) is 11.2 Å². The van der Waals surface area contributed by atoms with E-state index in [0.29, 0.717) is 47.2 Å². The van der Waals surface area contributed by atoms with E-state index in [1.54, 1.807) is 12.1 Å². The molecule has 4 heteroatoms. The Labute approximate surface area is 216 Å². The molecule has 2 aromatic rings. The molecule has 4 atom stereocenters. The number of aryl methyl sites for hydroxylation is 1. The zero-order valence-electron chi connectivity index (χ0n) is 22.0.